The molecule has 1 amide bonds. The van der Waals surface area contributed by atoms with E-state index in [9.17, 15) is 4.79 Å². The first-order valence-electron chi connectivity index (χ1n) is 6.66. The maximum atomic E-state index is 11.8. The highest BCUT2D eigenvalue weighted by Crippen LogP contribution is 2.25. The Morgan fingerprint density at radius 3 is 2.65 bits per heavy atom. The van der Waals surface area contributed by atoms with Crippen molar-refractivity contribution in [2.75, 3.05) is 11.9 Å². The van der Waals surface area contributed by atoms with Crippen LogP contribution in [0.3, 0.4) is 0 Å². The van der Waals surface area contributed by atoms with Gasteiger partial charge in [0.2, 0.25) is 5.91 Å². The molecule has 0 atom stereocenters. The van der Waals surface area contributed by atoms with Crippen LogP contribution in [0.5, 0.6) is 0 Å². The van der Waals surface area contributed by atoms with Gasteiger partial charge in [-0.05, 0) is 31.5 Å². The van der Waals surface area contributed by atoms with Crippen LogP contribution in [0.1, 0.15) is 22.3 Å². The molecular formula is C17H16N2O. The lowest BCUT2D eigenvalue weighted by atomic mass is 9.96. The van der Waals surface area contributed by atoms with Crippen LogP contribution in [0, 0.1) is 13.8 Å². The summed E-state index contributed by atoms with van der Waals surface area (Å²) in [6.07, 6.45) is 0. The minimum absolute atomic E-state index is 0.0707. The predicted molar refractivity (Wildman–Crippen MR) is 81.5 cm³/mol. The fraction of sp³-hybridized carbons (Fsp3) is 0.176. The molecule has 0 aromatic heterocycles. The smallest absolute Gasteiger partial charge is 0.246 e. The first kappa shape index (κ1) is 12.6. The van der Waals surface area contributed by atoms with Crippen molar-refractivity contribution in [2.24, 2.45) is 4.99 Å². The number of nitrogens with zero attached hydrogens (tertiary/aromatic N) is 1. The van der Waals surface area contributed by atoms with Crippen molar-refractivity contribution in [2.45, 2.75) is 13.8 Å². The largest absolute Gasteiger partial charge is 0.324 e. The molecule has 2 aromatic rings. The molecule has 3 nitrogen and oxygen atoms in total. The second-order valence-corrected chi connectivity index (χ2v) is 5.08. The lowest BCUT2D eigenvalue weighted by Gasteiger charge is -2.12. The van der Waals surface area contributed by atoms with Crippen molar-refractivity contribution >= 4 is 17.3 Å². The van der Waals surface area contributed by atoms with Crippen LogP contribution >= 0.6 is 0 Å². The monoisotopic (exact) mass is 264 g/mol. The molecule has 0 aliphatic carbocycles. The number of aliphatic imine (C=N–C) groups is 1. The van der Waals surface area contributed by atoms with Crippen molar-refractivity contribution in [1.82, 2.24) is 0 Å². The highest BCUT2D eigenvalue weighted by Gasteiger charge is 2.18. The maximum Gasteiger partial charge on any atom is 0.246 e. The molecule has 3 heteroatoms. The maximum absolute atomic E-state index is 11.8. The van der Waals surface area contributed by atoms with E-state index in [1.165, 1.54) is 0 Å². The zero-order valence-electron chi connectivity index (χ0n) is 11.6. The number of rotatable bonds is 1. The fourth-order valence-corrected chi connectivity index (χ4v) is 2.46. The molecule has 1 aliphatic rings. The standard InChI is InChI=1S/C17H16N2O/c1-11-7-8-15-14(9-11)17(18-10-16(20)19-15)13-6-4-3-5-12(13)2/h3-9H,10H2,1-2H3,(H,19,20). The summed E-state index contributed by atoms with van der Waals surface area (Å²) in [4.78, 5) is 16.3. The van der Waals surface area contributed by atoms with Gasteiger partial charge in [0.25, 0.3) is 0 Å². The lowest BCUT2D eigenvalue weighted by molar-refractivity contribution is -0.114. The van der Waals surface area contributed by atoms with Crippen LogP contribution < -0.4 is 5.32 Å². The number of anilines is 1. The molecule has 100 valence electrons. The van der Waals surface area contributed by atoms with Gasteiger partial charge in [-0.2, -0.15) is 0 Å². The first-order chi connectivity index (χ1) is 9.65. The molecule has 0 radical (unpaired) electrons. The number of carbonyl (C=O) groups is 1. The van der Waals surface area contributed by atoms with E-state index in [4.69, 9.17) is 0 Å². The number of carbonyl (C=O) groups excluding carboxylic acids is 1. The average molecular weight is 264 g/mol. The van der Waals surface area contributed by atoms with E-state index in [1.54, 1.807) is 0 Å². The van der Waals surface area contributed by atoms with Crippen LogP contribution in [0.2, 0.25) is 0 Å². The molecule has 2 aromatic carbocycles. The summed E-state index contributed by atoms with van der Waals surface area (Å²) in [6, 6.07) is 14.1. The van der Waals surface area contributed by atoms with E-state index < -0.39 is 0 Å². The van der Waals surface area contributed by atoms with Crippen LogP contribution in [0.4, 0.5) is 5.69 Å². The van der Waals surface area contributed by atoms with Crippen molar-refractivity contribution < 1.29 is 4.79 Å². The fourth-order valence-electron chi connectivity index (χ4n) is 2.46. The Hall–Kier alpha value is -2.42. The summed E-state index contributed by atoms with van der Waals surface area (Å²) in [7, 11) is 0. The van der Waals surface area contributed by atoms with Gasteiger partial charge in [0.1, 0.15) is 6.54 Å². The summed E-state index contributed by atoms with van der Waals surface area (Å²) >= 11 is 0. The third kappa shape index (κ3) is 2.23. The average Bonchev–Trinajstić information content (AvgIpc) is 2.58. The second-order valence-electron chi connectivity index (χ2n) is 5.08. The Morgan fingerprint density at radius 1 is 1.05 bits per heavy atom. The van der Waals surface area contributed by atoms with Crippen LogP contribution in [-0.2, 0) is 4.79 Å². The van der Waals surface area contributed by atoms with Crippen molar-refractivity contribution in [3.8, 4) is 0 Å². The minimum atomic E-state index is -0.0707. The van der Waals surface area contributed by atoms with Gasteiger partial charge < -0.3 is 5.32 Å². The van der Waals surface area contributed by atoms with Gasteiger partial charge in [-0.15, -0.1) is 0 Å². The molecule has 3 rings (SSSR count). The number of hydrogen-bond acceptors (Lipinski definition) is 2. The summed E-state index contributed by atoms with van der Waals surface area (Å²) < 4.78 is 0. The molecule has 0 spiro atoms. The van der Waals surface area contributed by atoms with Gasteiger partial charge in [0.05, 0.1) is 11.4 Å². The number of nitrogens with one attached hydrogen (secondary N) is 1. The lowest BCUT2D eigenvalue weighted by Crippen LogP contribution is -2.13. The Labute approximate surface area is 118 Å². The molecule has 1 N–H and O–H groups in total. The second kappa shape index (κ2) is 4.93. The Bertz CT molecular complexity index is 717. The molecular weight excluding hydrogens is 248 g/mol. The van der Waals surface area contributed by atoms with Gasteiger partial charge in [-0.1, -0.05) is 35.9 Å². The van der Waals surface area contributed by atoms with Crippen molar-refractivity contribution in [3.63, 3.8) is 0 Å². The number of benzodiazepines with no additional fused rings is 1. The SMILES string of the molecule is Cc1ccc2c(c1)C(c1ccccc1C)=NCC(=O)N2. The number of benzene rings is 2. The number of amides is 1. The third-order valence-electron chi connectivity index (χ3n) is 3.49. The van der Waals surface area contributed by atoms with Crippen LogP contribution in [-0.4, -0.2) is 18.2 Å². The topological polar surface area (TPSA) is 41.5 Å². The van der Waals surface area contributed by atoms with E-state index in [0.717, 1.165) is 33.7 Å². The molecule has 0 fully saturated rings. The summed E-state index contributed by atoms with van der Waals surface area (Å²) in [5, 5.41) is 2.92. The molecule has 1 heterocycles. The summed E-state index contributed by atoms with van der Waals surface area (Å²) in [5.41, 5.74) is 6.11. The highest BCUT2D eigenvalue weighted by molar-refractivity contribution is 6.19. The third-order valence-corrected chi connectivity index (χ3v) is 3.49. The zero-order valence-corrected chi connectivity index (χ0v) is 11.6. The Morgan fingerprint density at radius 2 is 1.85 bits per heavy atom. The number of hydrogen-bond donors (Lipinski definition) is 1. The molecule has 0 saturated carbocycles. The van der Waals surface area contributed by atoms with Crippen molar-refractivity contribution in [1.29, 1.82) is 0 Å². The quantitative estimate of drug-likeness (QED) is 0.845. The molecule has 20 heavy (non-hydrogen) atoms. The van der Waals surface area contributed by atoms with E-state index in [2.05, 4.69) is 35.4 Å². The van der Waals surface area contributed by atoms with Gasteiger partial charge in [-0.25, -0.2) is 0 Å². The van der Waals surface area contributed by atoms with E-state index in [1.807, 2.05) is 31.2 Å². The summed E-state index contributed by atoms with van der Waals surface area (Å²) in [5.74, 6) is -0.0707. The van der Waals surface area contributed by atoms with E-state index >= 15 is 0 Å². The zero-order chi connectivity index (χ0) is 14.1. The van der Waals surface area contributed by atoms with Crippen LogP contribution in [0.25, 0.3) is 0 Å². The van der Waals surface area contributed by atoms with Gasteiger partial charge in [-0.3, -0.25) is 9.79 Å². The molecule has 0 saturated heterocycles. The first-order valence-corrected chi connectivity index (χ1v) is 6.66. The molecule has 0 unspecified atom stereocenters. The van der Waals surface area contributed by atoms with E-state index in [0.29, 0.717) is 0 Å². The van der Waals surface area contributed by atoms with Gasteiger partial charge in [0, 0.05) is 11.1 Å². The van der Waals surface area contributed by atoms with Gasteiger partial charge in [0.15, 0.2) is 0 Å². The molecule has 0 bridgehead atoms. The number of fused-ring (bicyclic) bond motifs is 1. The highest BCUT2D eigenvalue weighted by atomic mass is 16.1. The Kier molecular flexibility index (Phi) is 3.11. The minimum Gasteiger partial charge on any atom is -0.324 e. The predicted octanol–water partition coefficient (Wildman–Crippen LogP) is 3.09. The summed E-state index contributed by atoms with van der Waals surface area (Å²) in [6.45, 7) is 4.27. The number of aryl methyl sites for hydroxylation is 2. The molecule has 1 aliphatic heterocycles. The Balaban J connectivity index is 2.23. The van der Waals surface area contributed by atoms with Crippen molar-refractivity contribution in [3.05, 3.63) is 64.7 Å². The van der Waals surface area contributed by atoms with Crippen LogP contribution in [0.15, 0.2) is 47.5 Å². The van der Waals surface area contributed by atoms with E-state index in [-0.39, 0.29) is 12.5 Å². The normalized spacial score (nSPS) is 14.1. The van der Waals surface area contributed by atoms with Gasteiger partial charge >= 0.3 is 0 Å².